The number of nitrogens with zero attached hydrogens (tertiary/aromatic N) is 3. The molecule has 0 aromatic heterocycles. The number of Topliss-reactive ketones (excluding diaryl/α,β-unsaturated/α-hetero) is 1. The van der Waals surface area contributed by atoms with Gasteiger partial charge in [-0.25, -0.2) is 13.2 Å². The first-order chi connectivity index (χ1) is 25.5. The van der Waals surface area contributed by atoms with Gasteiger partial charge in [0.1, 0.15) is 12.3 Å². The van der Waals surface area contributed by atoms with E-state index in [1.165, 1.54) is 0 Å². The van der Waals surface area contributed by atoms with E-state index in [-0.39, 0.29) is 54.9 Å². The van der Waals surface area contributed by atoms with Crippen molar-refractivity contribution in [1.29, 1.82) is 0 Å². The average molecular weight is 752 g/mol. The van der Waals surface area contributed by atoms with E-state index in [1.807, 2.05) is 97.8 Å². The Labute approximate surface area is 313 Å². The molecule has 0 atom stereocenters. The molecule has 1 saturated heterocycles. The van der Waals surface area contributed by atoms with Gasteiger partial charge >= 0.3 is 5.97 Å². The Balaban J connectivity index is 1.21. The Morgan fingerprint density at radius 2 is 1.61 bits per heavy atom. The predicted molar refractivity (Wildman–Crippen MR) is 200 cm³/mol. The van der Waals surface area contributed by atoms with Crippen LogP contribution in [-0.4, -0.2) is 75.8 Å². The molecule has 1 fully saturated rings. The molecule has 280 valence electrons. The first-order valence-electron chi connectivity index (χ1n) is 18.0. The average Bonchev–Trinajstić information content (AvgIpc) is 3.64. The van der Waals surface area contributed by atoms with Gasteiger partial charge in [-0.2, -0.15) is 4.58 Å². The third kappa shape index (κ3) is 6.34. The largest absolute Gasteiger partial charge is 0.748 e. The standard InChI is InChI=1S/C41H41N3O9S/c1-40(2)29-13-7-8-14-30(29)42(20-9-15-36(47)53-44-34(45)18-19-35(44)46)32(40)23-27-38(48)28(39(27)49)24-33-41(3,4)37-26-12-6-5-11-25(26)16-17-31(37)43(33)21-10-22-54(50,51)52/h5-8,11-14,16-17,23-24H,9-10,15,18-22H2,1-4H3,(H-,48,49,50,51,52). The van der Waals surface area contributed by atoms with Crippen molar-refractivity contribution < 1.29 is 46.7 Å². The SMILES string of the molecule is CC1(C)C(=CC2=C(O)C(=CC3=[N+](CCCS(=O)(=O)[O-])c4ccc5ccccc5c4C3(C)C)C2=O)N(CCCC(=O)ON2C(=O)CCC2=O)c2ccccc21. The van der Waals surface area contributed by atoms with Crippen molar-refractivity contribution in [3.05, 3.63) is 107 Å². The molecule has 3 heterocycles. The number of carbonyl (C=O) groups is 4. The summed E-state index contributed by atoms with van der Waals surface area (Å²) in [5.74, 6) is -2.86. The molecule has 1 aliphatic carbocycles. The maximum atomic E-state index is 14.0. The maximum absolute atomic E-state index is 14.0. The number of hydrogen-bond donors (Lipinski definition) is 1. The van der Waals surface area contributed by atoms with E-state index < -0.39 is 44.5 Å². The Morgan fingerprint density at radius 3 is 2.31 bits per heavy atom. The molecule has 0 saturated carbocycles. The van der Waals surface area contributed by atoms with Crippen molar-refractivity contribution in [2.75, 3.05) is 23.7 Å². The van der Waals surface area contributed by atoms with Crippen LogP contribution in [0.25, 0.3) is 10.8 Å². The van der Waals surface area contributed by atoms with Crippen molar-refractivity contribution in [2.45, 2.75) is 70.6 Å². The van der Waals surface area contributed by atoms with Crippen molar-refractivity contribution in [2.24, 2.45) is 0 Å². The van der Waals surface area contributed by atoms with Crippen LogP contribution in [0.2, 0.25) is 0 Å². The van der Waals surface area contributed by atoms with Gasteiger partial charge in [0, 0.05) is 72.5 Å². The Hall–Kier alpha value is -5.40. The van der Waals surface area contributed by atoms with E-state index >= 15 is 0 Å². The summed E-state index contributed by atoms with van der Waals surface area (Å²) in [6.45, 7) is 8.65. The number of imide groups is 1. The molecule has 4 aliphatic rings. The summed E-state index contributed by atoms with van der Waals surface area (Å²) in [6.07, 6.45) is 3.71. The smallest absolute Gasteiger partial charge is 0.333 e. The Kier molecular flexibility index (Phi) is 9.21. The van der Waals surface area contributed by atoms with Crippen LogP contribution in [0, 0.1) is 0 Å². The molecule has 1 N–H and O–H groups in total. The number of hydroxylamine groups is 2. The molecule has 3 aliphatic heterocycles. The van der Waals surface area contributed by atoms with Crippen LogP contribution in [0.4, 0.5) is 11.4 Å². The molecule has 3 aromatic rings. The molecule has 0 spiro atoms. The fourth-order valence-corrected chi connectivity index (χ4v) is 8.63. The van der Waals surface area contributed by atoms with Gasteiger partial charge in [0.15, 0.2) is 5.71 Å². The summed E-state index contributed by atoms with van der Waals surface area (Å²) in [5.41, 5.74) is 4.18. The third-order valence-electron chi connectivity index (χ3n) is 10.9. The van der Waals surface area contributed by atoms with Gasteiger partial charge in [-0.15, -0.1) is 5.06 Å². The lowest BCUT2D eigenvalue weighted by Gasteiger charge is -2.29. The van der Waals surface area contributed by atoms with Gasteiger partial charge < -0.3 is 19.4 Å². The summed E-state index contributed by atoms with van der Waals surface area (Å²) in [5, 5.41) is 14.1. The van der Waals surface area contributed by atoms with Crippen LogP contribution in [0.5, 0.6) is 0 Å². The van der Waals surface area contributed by atoms with Crippen molar-refractivity contribution >= 4 is 61.5 Å². The number of ketones is 1. The minimum atomic E-state index is -4.44. The number of para-hydroxylation sites is 1. The second kappa shape index (κ2) is 13.5. The number of benzene rings is 3. The fourth-order valence-electron chi connectivity index (χ4n) is 8.15. The molecule has 3 aromatic carbocycles. The van der Waals surface area contributed by atoms with Crippen molar-refractivity contribution in [3.63, 3.8) is 0 Å². The van der Waals surface area contributed by atoms with E-state index in [1.54, 1.807) is 12.2 Å². The lowest BCUT2D eigenvalue weighted by molar-refractivity contribution is -0.437. The number of amides is 2. The number of allylic oxidation sites excluding steroid dienone is 5. The number of aliphatic hydroxyl groups is 1. The minimum Gasteiger partial charge on any atom is -0.748 e. The topological polar surface area (TPSA) is 164 Å². The molecule has 2 amide bonds. The van der Waals surface area contributed by atoms with Crippen LogP contribution in [0.15, 0.2) is 95.4 Å². The molecular formula is C41H41N3O9S. The second-order valence-corrected chi connectivity index (χ2v) is 16.6. The summed E-state index contributed by atoms with van der Waals surface area (Å²) >= 11 is 0. The lowest BCUT2D eigenvalue weighted by Crippen LogP contribution is -2.33. The Bertz CT molecular complexity index is 2390. The first-order valence-corrected chi connectivity index (χ1v) is 19.5. The number of carbonyl (C=O) groups excluding carboxylic acids is 4. The highest BCUT2D eigenvalue weighted by Gasteiger charge is 2.48. The molecule has 0 bridgehead atoms. The quantitative estimate of drug-likeness (QED) is 0.114. The van der Waals surface area contributed by atoms with Crippen LogP contribution in [0.3, 0.4) is 0 Å². The molecule has 0 radical (unpaired) electrons. The highest BCUT2D eigenvalue weighted by Crippen LogP contribution is 2.50. The van der Waals surface area contributed by atoms with Crippen molar-refractivity contribution in [1.82, 2.24) is 5.06 Å². The number of aliphatic hydroxyl groups excluding tert-OH is 1. The van der Waals surface area contributed by atoms with E-state index in [9.17, 15) is 37.3 Å². The van der Waals surface area contributed by atoms with Gasteiger partial charge in [-0.3, -0.25) is 14.4 Å². The lowest BCUT2D eigenvalue weighted by atomic mass is 9.76. The first kappa shape index (κ1) is 36.9. The highest BCUT2D eigenvalue weighted by molar-refractivity contribution is 7.85. The Morgan fingerprint density at radius 1 is 0.926 bits per heavy atom. The molecule has 13 heteroatoms. The number of anilines is 1. The van der Waals surface area contributed by atoms with Gasteiger partial charge in [0.25, 0.3) is 11.8 Å². The maximum Gasteiger partial charge on any atom is 0.333 e. The normalized spacial score (nSPS) is 20.4. The monoisotopic (exact) mass is 751 g/mol. The van der Waals surface area contributed by atoms with Gasteiger partial charge in [-0.1, -0.05) is 56.3 Å². The fraction of sp³-hybridized carbons (Fsp3) is 0.341. The number of hydrogen-bond acceptors (Lipinski definition) is 10. The zero-order valence-electron chi connectivity index (χ0n) is 30.5. The molecule has 12 nitrogen and oxygen atoms in total. The van der Waals surface area contributed by atoms with E-state index in [4.69, 9.17) is 4.84 Å². The summed E-state index contributed by atoms with van der Waals surface area (Å²) in [4.78, 5) is 57.4. The zero-order chi connectivity index (χ0) is 38.7. The minimum absolute atomic E-state index is 0.00734. The van der Waals surface area contributed by atoms with Crippen LogP contribution >= 0.6 is 0 Å². The predicted octanol–water partition coefficient (Wildman–Crippen LogP) is 5.54. The van der Waals surface area contributed by atoms with Crippen LogP contribution in [0.1, 0.15) is 70.9 Å². The van der Waals surface area contributed by atoms with Gasteiger partial charge in [0.05, 0.1) is 26.7 Å². The van der Waals surface area contributed by atoms with Crippen molar-refractivity contribution in [3.8, 4) is 0 Å². The summed E-state index contributed by atoms with van der Waals surface area (Å²) in [6, 6.07) is 19.7. The van der Waals surface area contributed by atoms with Crippen LogP contribution in [-0.2, 0) is 45.0 Å². The molecule has 0 unspecified atom stereocenters. The third-order valence-corrected chi connectivity index (χ3v) is 11.6. The molecule has 7 rings (SSSR count). The molecule has 54 heavy (non-hydrogen) atoms. The van der Waals surface area contributed by atoms with Gasteiger partial charge in [-0.05, 0) is 54.8 Å². The zero-order valence-corrected chi connectivity index (χ0v) is 31.4. The molecular weight excluding hydrogens is 711 g/mol. The highest BCUT2D eigenvalue weighted by atomic mass is 32.2. The number of rotatable bonds is 11. The van der Waals surface area contributed by atoms with E-state index in [2.05, 4.69) is 0 Å². The van der Waals surface area contributed by atoms with E-state index in [0.717, 1.165) is 39.0 Å². The summed E-state index contributed by atoms with van der Waals surface area (Å²) in [7, 11) is -4.44. The van der Waals surface area contributed by atoms with Crippen LogP contribution < -0.4 is 4.90 Å². The van der Waals surface area contributed by atoms with Gasteiger partial charge in [0.2, 0.25) is 11.5 Å². The van der Waals surface area contributed by atoms with E-state index in [0.29, 0.717) is 23.7 Å². The second-order valence-electron chi connectivity index (χ2n) is 15.1. The number of fused-ring (bicyclic) bond motifs is 4. The summed E-state index contributed by atoms with van der Waals surface area (Å²) < 4.78 is 36.5.